The van der Waals surface area contributed by atoms with E-state index in [-0.39, 0.29) is 11.3 Å². The summed E-state index contributed by atoms with van der Waals surface area (Å²) in [5.41, 5.74) is -0.477. The molecule has 1 aromatic heterocycles. The normalized spacial score (nSPS) is 10.7. The lowest BCUT2D eigenvalue weighted by molar-refractivity contribution is -0.394. The van der Waals surface area contributed by atoms with Gasteiger partial charge in [-0.15, -0.1) is 0 Å². The summed E-state index contributed by atoms with van der Waals surface area (Å²) in [6.45, 7) is 0. The molecule has 0 saturated heterocycles. The zero-order chi connectivity index (χ0) is 15.9. The van der Waals surface area contributed by atoms with Gasteiger partial charge < -0.3 is 4.42 Å². The van der Waals surface area contributed by atoms with Crippen LogP contribution < -0.4 is 5.76 Å². The summed E-state index contributed by atoms with van der Waals surface area (Å²) >= 11 is 0. The monoisotopic (exact) mass is 301 g/mol. The highest BCUT2D eigenvalue weighted by atomic mass is 16.6. The first-order chi connectivity index (χ1) is 10.5. The molecule has 0 N–H and O–H groups in total. The third kappa shape index (κ3) is 2.00. The van der Waals surface area contributed by atoms with Crippen LogP contribution in [0.2, 0.25) is 0 Å². The van der Waals surface area contributed by atoms with Crippen LogP contribution in [0.5, 0.6) is 0 Å². The van der Waals surface area contributed by atoms with Crippen LogP contribution in [0, 0.1) is 20.2 Å². The van der Waals surface area contributed by atoms with Gasteiger partial charge in [0, 0.05) is 6.07 Å². The summed E-state index contributed by atoms with van der Waals surface area (Å²) in [5, 5.41) is 21.9. The van der Waals surface area contributed by atoms with Gasteiger partial charge in [0.15, 0.2) is 5.58 Å². The zero-order valence-electron chi connectivity index (χ0n) is 10.8. The second-order valence-electron chi connectivity index (χ2n) is 4.36. The molecule has 22 heavy (non-hydrogen) atoms. The molecule has 2 aromatic carbocycles. The van der Waals surface area contributed by atoms with Crippen molar-refractivity contribution in [2.24, 2.45) is 0 Å². The van der Waals surface area contributed by atoms with E-state index in [9.17, 15) is 25.0 Å². The molecule has 0 fully saturated rings. The van der Waals surface area contributed by atoms with Gasteiger partial charge in [0.05, 0.1) is 21.4 Å². The molecule has 0 atom stereocenters. The summed E-state index contributed by atoms with van der Waals surface area (Å²) in [5.74, 6) is -0.807. The summed E-state index contributed by atoms with van der Waals surface area (Å²) in [6, 6.07) is 9.46. The first-order valence-electron chi connectivity index (χ1n) is 6.03. The Labute approximate surface area is 121 Å². The van der Waals surface area contributed by atoms with Crippen molar-refractivity contribution in [3.05, 3.63) is 73.2 Å². The Hall–Kier alpha value is -3.49. The molecule has 0 spiro atoms. The quantitative estimate of drug-likeness (QED) is 0.540. The minimum atomic E-state index is -0.807. The number of fused-ring (bicyclic) bond motifs is 1. The van der Waals surface area contributed by atoms with Crippen LogP contribution in [0.1, 0.15) is 0 Å². The van der Waals surface area contributed by atoms with Gasteiger partial charge in [-0.25, -0.2) is 9.36 Å². The Morgan fingerprint density at radius 1 is 1.00 bits per heavy atom. The highest BCUT2D eigenvalue weighted by molar-refractivity contribution is 5.76. The Morgan fingerprint density at radius 3 is 2.41 bits per heavy atom. The van der Waals surface area contributed by atoms with Crippen molar-refractivity contribution in [2.75, 3.05) is 0 Å². The molecular weight excluding hydrogens is 294 g/mol. The molecule has 3 aromatic rings. The van der Waals surface area contributed by atoms with Gasteiger partial charge in [-0.2, -0.15) is 0 Å². The van der Waals surface area contributed by atoms with Crippen LogP contribution in [0.15, 0.2) is 51.7 Å². The van der Waals surface area contributed by atoms with Gasteiger partial charge >= 0.3 is 5.76 Å². The summed E-state index contributed by atoms with van der Waals surface area (Å²) in [7, 11) is 0. The van der Waals surface area contributed by atoms with E-state index in [1.807, 2.05) is 0 Å². The van der Waals surface area contributed by atoms with Crippen LogP contribution >= 0.6 is 0 Å². The van der Waals surface area contributed by atoms with Crippen molar-refractivity contribution < 1.29 is 14.3 Å². The number of rotatable bonds is 3. The van der Waals surface area contributed by atoms with E-state index in [0.29, 0.717) is 5.52 Å². The van der Waals surface area contributed by atoms with Crippen LogP contribution in [0.25, 0.3) is 16.8 Å². The van der Waals surface area contributed by atoms with Gasteiger partial charge in [-0.3, -0.25) is 20.2 Å². The molecule has 0 aliphatic rings. The number of nitrogens with zero attached hydrogens (tertiary/aromatic N) is 3. The number of nitro groups is 2. The van der Waals surface area contributed by atoms with Gasteiger partial charge in [0.2, 0.25) is 0 Å². The number of para-hydroxylation sites is 2. The van der Waals surface area contributed by atoms with E-state index in [1.165, 1.54) is 0 Å². The molecule has 0 bridgehead atoms. The lowest BCUT2D eigenvalue weighted by Crippen LogP contribution is -2.13. The smallest absolute Gasteiger partial charge is 0.407 e. The predicted octanol–water partition coefficient (Wildman–Crippen LogP) is 2.40. The van der Waals surface area contributed by atoms with E-state index in [1.54, 1.807) is 24.3 Å². The number of aromatic nitrogens is 1. The molecule has 0 saturated carbocycles. The van der Waals surface area contributed by atoms with E-state index in [4.69, 9.17) is 4.42 Å². The zero-order valence-corrected chi connectivity index (χ0v) is 10.8. The largest absolute Gasteiger partial charge is 0.424 e. The fourth-order valence-electron chi connectivity index (χ4n) is 2.16. The lowest BCUT2D eigenvalue weighted by Gasteiger charge is -2.03. The molecule has 9 heteroatoms. The maximum Gasteiger partial charge on any atom is 0.424 e. The summed E-state index contributed by atoms with van der Waals surface area (Å²) in [6.07, 6.45) is 0. The van der Waals surface area contributed by atoms with Crippen molar-refractivity contribution >= 4 is 22.5 Å². The average Bonchev–Trinajstić information content (AvgIpc) is 2.82. The molecule has 1 heterocycles. The number of hydrogen-bond acceptors (Lipinski definition) is 6. The lowest BCUT2D eigenvalue weighted by atomic mass is 10.2. The number of oxazole rings is 1. The second-order valence-corrected chi connectivity index (χ2v) is 4.36. The SMILES string of the molecule is O=c1oc2ccccc2n1-c1ccc([N+](=O)[O-])cc1[N+](=O)[O-]. The standard InChI is InChI=1S/C13H7N3O6/c17-13-14(10-3-1-2-4-12(10)22-13)9-6-5-8(15(18)19)7-11(9)16(20)21/h1-7H. The molecule has 0 amide bonds. The maximum absolute atomic E-state index is 12.0. The molecule has 0 aliphatic carbocycles. The highest BCUT2D eigenvalue weighted by Crippen LogP contribution is 2.29. The van der Waals surface area contributed by atoms with E-state index in [2.05, 4.69) is 0 Å². The van der Waals surface area contributed by atoms with Gasteiger partial charge in [-0.1, -0.05) is 12.1 Å². The first-order valence-corrected chi connectivity index (χ1v) is 6.03. The number of nitro benzene ring substituents is 2. The summed E-state index contributed by atoms with van der Waals surface area (Å²) < 4.78 is 6.03. The van der Waals surface area contributed by atoms with E-state index >= 15 is 0 Å². The average molecular weight is 301 g/mol. The van der Waals surface area contributed by atoms with Crippen LogP contribution in [-0.2, 0) is 0 Å². The van der Waals surface area contributed by atoms with E-state index < -0.39 is 27.0 Å². The predicted molar refractivity (Wildman–Crippen MR) is 75.1 cm³/mol. The Bertz CT molecular complexity index is 971. The minimum absolute atomic E-state index is 0.0921. The van der Waals surface area contributed by atoms with Crippen molar-refractivity contribution in [3.63, 3.8) is 0 Å². The molecule has 9 nitrogen and oxygen atoms in total. The van der Waals surface area contributed by atoms with Crippen molar-refractivity contribution in [2.45, 2.75) is 0 Å². The second kappa shape index (κ2) is 4.81. The Balaban J connectivity index is 2.35. The molecule has 0 radical (unpaired) electrons. The third-order valence-corrected chi connectivity index (χ3v) is 3.09. The number of benzene rings is 2. The molecular formula is C13H7N3O6. The van der Waals surface area contributed by atoms with Crippen LogP contribution in [-0.4, -0.2) is 14.4 Å². The van der Waals surface area contributed by atoms with Gasteiger partial charge in [0.1, 0.15) is 5.69 Å². The Morgan fingerprint density at radius 2 is 1.73 bits per heavy atom. The third-order valence-electron chi connectivity index (χ3n) is 3.09. The fraction of sp³-hybridized carbons (Fsp3) is 0. The molecule has 0 unspecified atom stereocenters. The number of non-ortho nitro benzene ring substituents is 1. The first kappa shape index (κ1) is 13.5. The van der Waals surface area contributed by atoms with Gasteiger partial charge in [0.25, 0.3) is 11.4 Å². The van der Waals surface area contributed by atoms with E-state index in [0.717, 1.165) is 22.8 Å². The molecule has 3 rings (SSSR count). The van der Waals surface area contributed by atoms with Crippen LogP contribution in [0.4, 0.5) is 11.4 Å². The van der Waals surface area contributed by atoms with Crippen molar-refractivity contribution in [1.82, 2.24) is 4.57 Å². The minimum Gasteiger partial charge on any atom is -0.407 e. The molecule has 110 valence electrons. The van der Waals surface area contributed by atoms with Crippen LogP contribution in [0.3, 0.4) is 0 Å². The maximum atomic E-state index is 12.0. The topological polar surface area (TPSA) is 121 Å². The number of hydrogen-bond donors (Lipinski definition) is 0. The van der Waals surface area contributed by atoms with Gasteiger partial charge in [-0.05, 0) is 18.2 Å². The van der Waals surface area contributed by atoms with Crippen molar-refractivity contribution in [3.8, 4) is 5.69 Å². The molecule has 0 aliphatic heterocycles. The summed E-state index contributed by atoms with van der Waals surface area (Å²) in [4.78, 5) is 32.4. The van der Waals surface area contributed by atoms with Crippen molar-refractivity contribution in [1.29, 1.82) is 0 Å². The highest BCUT2D eigenvalue weighted by Gasteiger charge is 2.23. The fourth-order valence-corrected chi connectivity index (χ4v) is 2.16. The Kier molecular flexibility index (Phi) is 2.95.